The van der Waals surface area contributed by atoms with Crippen LogP contribution in [-0.4, -0.2) is 71.7 Å². The second-order valence-corrected chi connectivity index (χ2v) is 10.2. The minimum absolute atomic E-state index is 0.209. The van der Waals surface area contributed by atoms with E-state index in [1.165, 1.54) is 31.6 Å². The zero-order chi connectivity index (χ0) is 20.5. The van der Waals surface area contributed by atoms with Crippen LogP contribution in [0.15, 0.2) is 23.8 Å². The van der Waals surface area contributed by atoms with Crippen LogP contribution in [0.4, 0.5) is 0 Å². The molecule has 0 radical (unpaired) electrons. The van der Waals surface area contributed by atoms with E-state index >= 15 is 0 Å². The molecule has 2 aliphatic carbocycles. The van der Waals surface area contributed by atoms with Gasteiger partial charge >= 0.3 is 0 Å². The molecule has 0 aromatic heterocycles. The fraction of sp³-hybridized carbons (Fsp3) is 0.833. The van der Waals surface area contributed by atoms with Crippen LogP contribution >= 0.6 is 11.8 Å². The molecule has 1 saturated heterocycles. The van der Waals surface area contributed by atoms with Gasteiger partial charge in [0.15, 0.2) is 0 Å². The Morgan fingerprint density at radius 1 is 1.28 bits per heavy atom. The van der Waals surface area contributed by atoms with Gasteiger partial charge in [-0.1, -0.05) is 50.0 Å². The summed E-state index contributed by atoms with van der Waals surface area (Å²) in [5.41, 5.74) is 1.57. The van der Waals surface area contributed by atoms with Crippen molar-refractivity contribution in [1.29, 1.82) is 0 Å². The molecule has 1 heterocycles. The first-order valence-electron chi connectivity index (χ1n) is 11.8. The minimum Gasteiger partial charge on any atom is -0.392 e. The van der Waals surface area contributed by atoms with Gasteiger partial charge in [0.1, 0.15) is 0 Å². The van der Waals surface area contributed by atoms with Crippen LogP contribution in [0.2, 0.25) is 0 Å². The predicted octanol–water partition coefficient (Wildman–Crippen LogP) is 3.88. The van der Waals surface area contributed by atoms with Gasteiger partial charge in [-0.2, -0.15) is 11.8 Å². The lowest BCUT2D eigenvalue weighted by atomic mass is 9.89. The van der Waals surface area contributed by atoms with E-state index in [4.69, 9.17) is 4.74 Å². The largest absolute Gasteiger partial charge is 0.392 e. The Bertz CT molecular complexity index is 532. The summed E-state index contributed by atoms with van der Waals surface area (Å²) in [6, 6.07) is 0. The Balaban J connectivity index is 1.34. The molecule has 0 unspecified atom stereocenters. The van der Waals surface area contributed by atoms with E-state index in [1.54, 1.807) is 5.57 Å². The van der Waals surface area contributed by atoms with E-state index in [0.717, 1.165) is 57.7 Å². The molecule has 1 aliphatic heterocycles. The van der Waals surface area contributed by atoms with Crippen molar-refractivity contribution < 1.29 is 14.9 Å². The average molecular weight is 424 g/mol. The number of allylic oxidation sites excluding steroid dienone is 1. The van der Waals surface area contributed by atoms with Crippen LogP contribution in [-0.2, 0) is 4.74 Å². The van der Waals surface area contributed by atoms with Crippen molar-refractivity contribution in [3.8, 4) is 0 Å². The second kappa shape index (κ2) is 12.5. The topological polar surface area (TPSA) is 52.9 Å². The van der Waals surface area contributed by atoms with Crippen molar-refractivity contribution in [2.24, 2.45) is 17.8 Å². The van der Waals surface area contributed by atoms with Gasteiger partial charge < -0.3 is 14.9 Å². The molecule has 3 aliphatic rings. The number of morpholine rings is 1. The Morgan fingerprint density at radius 3 is 2.90 bits per heavy atom. The summed E-state index contributed by atoms with van der Waals surface area (Å²) in [5.74, 6) is 3.64. The van der Waals surface area contributed by atoms with Gasteiger partial charge in [-0.25, -0.2) is 0 Å². The Kier molecular flexibility index (Phi) is 10.1. The highest BCUT2D eigenvalue weighted by Gasteiger charge is 2.43. The van der Waals surface area contributed by atoms with Crippen LogP contribution < -0.4 is 0 Å². The summed E-state index contributed by atoms with van der Waals surface area (Å²) in [7, 11) is 0. The van der Waals surface area contributed by atoms with Crippen LogP contribution in [0, 0.1) is 17.8 Å². The fourth-order valence-corrected chi connectivity index (χ4v) is 6.04. The number of ether oxygens (including phenoxy) is 1. The van der Waals surface area contributed by atoms with E-state index in [-0.39, 0.29) is 18.1 Å². The molecule has 166 valence electrons. The zero-order valence-corrected chi connectivity index (χ0v) is 19.0. The lowest BCUT2D eigenvalue weighted by Gasteiger charge is -2.26. The second-order valence-electron chi connectivity index (χ2n) is 9.05. The number of unbranched alkanes of at least 4 members (excludes halogenated alkanes) is 2. The van der Waals surface area contributed by atoms with Crippen molar-refractivity contribution in [2.75, 3.05) is 44.4 Å². The van der Waals surface area contributed by atoms with Gasteiger partial charge in [0.2, 0.25) is 0 Å². The highest BCUT2D eigenvalue weighted by Crippen LogP contribution is 2.47. The molecule has 5 heteroatoms. The molecular formula is C24H41NO3S. The molecular weight excluding hydrogens is 382 g/mol. The van der Waals surface area contributed by atoms with E-state index in [2.05, 4.69) is 35.7 Å². The molecule has 0 aromatic carbocycles. The monoisotopic (exact) mass is 423 g/mol. The van der Waals surface area contributed by atoms with Gasteiger partial charge in [-0.05, 0) is 49.8 Å². The molecule has 1 saturated carbocycles. The maximum Gasteiger partial charge on any atom is 0.0721 e. The van der Waals surface area contributed by atoms with Crippen LogP contribution in [0.25, 0.3) is 0 Å². The third-order valence-electron chi connectivity index (χ3n) is 6.76. The predicted molar refractivity (Wildman–Crippen MR) is 122 cm³/mol. The Hall–Kier alpha value is -0.330. The highest BCUT2D eigenvalue weighted by molar-refractivity contribution is 7.99. The third kappa shape index (κ3) is 7.39. The van der Waals surface area contributed by atoms with Crippen molar-refractivity contribution in [2.45, 2.75) is 64.1 Å². The first kappa shape index (κ1) is 23.3. The van der Waals surface area contributed by atoms with E-state index in [9.17, 15) is 10.2 Å². The minimum atomic E-state index is -0.358. The van der Waals surface area contributed by atoms with Gasteiger partial charge in [0, 0.05) is 24.8 Å². The van der Waals surface area contributed by atoms with E-state index in [0.29, 0.717) is 11.8 Å². The van der Waals surface area contributed by atoms with Gasteiger partial charge in [0.05, 0.1) is 25.4 Å². The quantitative estimate of drug-likeness (QED) is 0.368. The summed E-state index contributed by atoms with van der Waals surface area (Å²) in [5, 5.41) is 20.7. The third-order valence-corrected chi connectivity index (χ3v) is 7.92. The summed E-state index contributed by atoms with van der Waals surface area (Å²) in [6.45, 7) is 7.33. The first-order chi connectivity index (χ1) is 14.2. The van der Waals surface area contributed by atoms with Crippen LogP contribution in [0.1, 0.15) is 51.9 Å². The Labute approximate surface area is 181 Å². The number of nitrogens with zero attached hydrogens (tertiary/aromatic N) is 1. The molecule has 3 rings (SSSR count). The highest BCUT2D eigenvalue weighted by atomic mass is 32.2. The molecule has 4 nitrogen and oxygen atoms in total. The number of aliphatic hydroxyl groups excluding tert-OH is 2. The SMILES string of the molecule is CCCCC[C@H](O)/C=C/[C@@H]1[C@H]2CC(CSCCCN3CCOCC3)=C[C@H]2C[C@H]1O. The molecule has 0 amide bonds. The van der Waals surface area contributed by atoms with Gasteiger partial charge in [-0.3, -0.25) is 4.90 Å². The number of aliphatic hydroxyl groups is 2. The number of hydrogen-bond acceptors (Lipinski definition) is 5. The van der Waals surface area contributed by atoms with Crippen molar-refractivity contribution in [1.82, 2.24) is 4.90 Å². The molecule has 0 spiro atoms. The number of rotatable bonds is 12. The molecule has 2 N–H and O–H groups in total. The first-order valence-corrected chi connectivity index (χ1v) is 12.9. The zero-order valence-electron chi connectivity index (χ0n) is 18.2. The normalized spacial score (nSPS) is 31.3. The van der Waals surface area contributed by atoms with E-state index < -0.39 is 0 Å². The molecule has 29 heavy (non-hydrogen) atoms. The number of hydrogen-bond donors (Lipinski definition) is 2. The summed E-state index contributed by atoms with van der Waals surface area (Å²) in [4.78, 5) is 2.51. The Morgan fingerprint density at radius 2 is 2.10 bits per heavy atom. The van der Waals surface area contributed by atoms with Crippen molar-refractivity contribution >= 4 is 11.8 Å². The van der Waals surface area contributed by atoms with E-state index in [1.807, 2.05) is 6.08 Å². The van der Waals surface area contributed by atoms with Gasteiger partial charge in [0.25, 0.3) is 0 Å². The van der Waals surface area contributed by atoms with Crippen LogP contribution in [0.3, 0.4) is 0 Å². The van der Waals surface area contributed by atoms with Crippen LogP contribution in [0.5, 0.6) is 0 Å². The molecule has 2 fully saturated rings. The summed E-state index contributed by atoms with van der Waals surface area (Å²) >= 11 is 2.06. The number of thioether (sulfide) groups is 1. The standard InChI is InChI=1S/C24H41NO3S/c1-2-3-4-6-21(26)7-8-22-23-16-19(15-20(23)17-24(22)27)18-29-14-5-9-25-10-12-28-13-11-25/h7-8,15,20-24,26-27H,2-6,9-14,16-18H2,1H3/b8-7+/t20-,21-,22+,23-,24+/m0/s1. The maximum atomic E-state index is 10.5. The molecule has 0 aromatic rings. The van der Waals surface area contributed by atoms with Crippen molar-refractivity contribution in [3.63, 3.8) is 0 Å². The van der Waals surface area contributed by atoms with Crippen molar-refractivity contribution in [3.05, 3.63) is 23.8 Å². The summed E-state index contributed by atoms with van der Waals surface area (Å²) in [6.07, 6.45) is 13.5. The average Bonchev–Trinajstić information content (AvgIpc) is 3.23. The fourth-order valence-electron chi connectivity index (χ4n) is 5.09. The van der Waals surface area contributed by atoms with Gasteiger partial charge in [-0.15, -0.1) is 0 Å². The summed E-state index contributed by atoms with van der Waals surface area (Å²) < 4.78 is 5.41. The number of fused-ring (bicyclic) bond motifs is 1. The maximum absolute atomic E-state index is 10.5. The molecule has 0 bridgehead atoms. The molecule has 5 atom stereocenters. The lowest BCUT2D eigenvalue weighted by Crippen LogP contribution is -2.36. The smallest absolute Gasteiger partial charge is 0.0721 e. The lowest BCUT2D eigenvalue weighted by molar-refractivity contribution is 0.0381.